The summed E-state index contributed by atoms with van der Waals surface area (Å²) in [6.45, 7) is 9.09. The second-order valence-corrected chi connectivity index (χ2v) is 6.33. The summed E-state index contributed by atoms with van der Waals surface area (Å²) in [5.74, 6) is 1.73. The van der Waals surface area contributed by atoms with Crippen molar-refractivity contribution < 1.29 is 9.32 Å². The predicted molar refractivity (Wildman–Crippen MR) is 84.0 cm³/mol. The van der Waals surface area contributed by atoms with Crippen molar-refractivity contribution in [3.05, 3.63) is 29.2 Å². The maximum Gasteiger partial charge on any atom is 0.247 e. The van der Waals surface area contributed by atoms with Crippen LogP contribution in [-0.4, -0.2) is 43.8 Å². The molecule has 2 aromatic rings. The van der Waals surface area contributed by atoms with E-state index < -0.39 is 0 Å². The zero-order chi connectivity index (χ0) is 16.6. The lowest BCUT2D eigenvalue weighted by Gasteiger charge is -2.32. The quantitative estimate of drug-likeness (QED) is 0.867. The monoisotopic (exact) mass is 317 g/mol. The highest BCUT2D eigenvalue weighted by Crippen LogP contribution is 2.28. The number of nitrogens with zero attached hydrogens (tertiary/aromatic N) is 5. The third-order valence-corrected chi connectivity index (χ3v) is 4.47. The third-order valence-electron chi connectivity index (χ3n) is 4.47. The minimum absolute atomic E-state index is 0.122. The van der Waals surface area contributed by atoms with E-state index in [1.807, 2.05) is 43.3 Å². The molecular weight excluding hydrogens is 294 g/mol. The summed E-state index contributed by atoms with van der Waals surface area (Å²) in [7, 11) is 0. The van der Waals surface area contributed by atoms with Crippen molar-refractivity contribution in [1.82, 2.24) is 24.8 Å². The molecule has 1 fully saturated rings. The standard InChI is InChI=1S/C16H23N5O2/c1-10-9-11(2)21(18-10)12(3)16(22)20-7-5-14(6-8-20)15-17-13(4)19-23-15/h9,12,14H,5-8H2,1-4H3. The summed E-state index contributed by atoms with van der Waals surface area (Å²) >= 11 is 0. The number of hydrogen-bond donors (Lipinski definition) is 0. The van der Waals surface area contributed by atoms with Gasteiger partial charge in [-0.25, -0.2) is 0 Å². The second-order valence-electron chi connectivity index (χ2n) is 6.33. The van der Waals surface area contributed by atoms with Crippen molar-refractivity contribution in [2.75, 3.05) is 13.1 Å². The molecule has 3 rings (SSSR count). The molecule has 1 amide bonds. The Bertz CT molecular complexity index is 697. The van der Waals surface area contributed by atoms with Crippen LogP contribution < -0.4 is 0 Å². The lowest BCUT2D eigenvalue weighted by atomic mass is 9.96. The van der Waals surface area contributed by atoms with E-state index in [9.17, 15) is 4.79 Å². The summed E-state index contributed by atoms with van der Waals surface area (Å²) in [5.41, 5.74) is 1.95. The molecule has 7 heteroatoms. The first-order valence-electron chi connectivity index (χ1n) is 8.07. The molecule has 2 aromatic heterocycles. The number of aromatic nitrogens is 4. The van der Waals surface area contributed by atoms with Crippen molar-refractivity contribution in [3.8, 4) is 0 Å². The van der Waals surface area contributed by atoms with Crippen LogP contribution in [-0.2, 0) is 4.79 Å². The highest BCUT2D eigenvalue weighted by molar-refractivity contribution is 5.80. The van der Waals surface area contributed by atoms with Gasteiger partial charge in [-0.1, -0.05) is 5.16 Å². The normalized spacial score (nSPS) is 17.5. The maximum absolute atomic E-state index is 12.7. The fourth-order valence-corrected chi connectivity index (χ4v) is 3.23. The van der Waals surface area contributed by atoms with E-state index in [1.165, 1.54) is 0 Å². The summed E-state index contributed by atoms with van der Waals surface area (Å²) in [6, 6.07) is 1.72. The van der Waals surface area contributed by atoms with Gasteiger partial charge in [0.1, 0.15) is 6.04 Å². The van der Waals surface area contributed by atoms with Crippen molar-refractivity contribution in [1.29, 1.82) is 0 Å². The Kier molecular flexibility index (Phi) is 4.19. The van der Waals surface area contributed by atoms with Gasteiger partial charge in [0.15, 0.2) is 5.82 Å². The Morgan fingerprint density at radius 2 is 2.00 bits per heavy atom. The molecule has 0 spiro atoms. The van der Waals surface area contributed by atoms with Gasteiger partial charge in [0, 0.05) is 24.7 Å². The van der Waals surface area contributed by atoms with E-state index in [4.69, 9.17) is 4.52 Å². The number of amides is 1. The van der Waals surface area contributed by atoms with Crippen LogP contribution in [0.5, 0.6) is 0 Å². The molecule has 0 saturated carbocycles. The van der Waals surface area contributed by atoms with Gasteiger partial charge in [0.25, 0.3) is 0 Å². The fourth-order valence-electron chi connectivity index (χ4n) is 3.23. The van der Waals surface area contributed by atoms with Crippen molar-refractivity contribution in [3.63, 3.8) is 0 Å². The molecular formula is C16H23N5O2. The van der Waals surface area contributed by atoms with E-state index in [0.717, 1.165) is 24.2 Å². The van der Waals surface area contributed by atoms with Crippen LogP contribution in [0.1, 0.15) is 54.8 Å². The Morgan fingerprint density at radius 3 is 2.52 bits per heavy atom. The largest absolute Gasteiger partial charge is 0.341 e. The average molecular weight is 317 g/mol. The molecule has 1 saturated heterocycles. The van der Waals surface area contributed by atoms with Crippen molar-refractivity contribution in [2.45, 2.75) is 52.5 Å². The van der Waals surface area contributed by atoms with Gasteiger partial charge in [-0.3, -0.25) is 9.48 Å². The zero-order valence-electron chi connectivity index (χ0n) is 14.1. The number of piperidine rings is 1. The van der Waals surface area contributed by atoms with Crippen LogP contribution >= 0.6 is 0 Å². The Morgan fingerprint density at radius 1 is 1.30 bits per heavy atom. The first-order chi connectivity index (χ1) is 11.0. The minimum atomic E-state index is -0.272. The Hall–Kier alpha value is -2.18. The number of carbonyl (C=O) groups excluding carboxylic acids is 1. The first-order valence-corrected chi connectivity index (χ1v) is 8.07. The van der Waals surface area contributed by atoms with Crippen LogP contribution in [0.15, 0.2) is 10.6 Å². The van der Waals surface area contributed by atoms with Crippen LogP contribution in [0.25, 0.3) is 0 Å². The molecule has 7 nitrogen and oxygen atoms in total. The maximum atomic E-state index is 12.7. The lowest BCUT2D eigenvalue weighted by Crippen LogP contribution is -2.41. The molecule has 0 aromatic carbocycles. The van der Waals surface area contributed by atoms with Crippen LogP contribution in [0.3, 0.4) is 0 Å². The number of carbonyl (C=O) groups is 1. The number of likely N-dealkylation sites (tertiary alicyclic amines) is 1. The molecule has 0 N–H and O–H groups in total. The summed E-state index contributed by atoms with van der Waals surface area (Å²) in [4.78, 5) is 18.9. The smallest absolute Gasteiger partial charge is 0.247 e. The van der Waals surface area contributed by atoms with Crippen LogP contribution in [0.2, 0.25) is 0 Å². The average Bonchev–Trinajstić information content (AvgIpc) is 3.11. The van der Waals surface area contributed by atoms with Gasteiger partial charge in [-0.15, -0.1) is 0 Å². The lowest BCUT2D eigenvalue weighted by molar-refractivity contribution is -0.135. The van der Waals surface area contributed by atoms with Gasteiger partial charge in [-0.05, 0) is 46.6 Å². The highest BCUT2D eigenvalue weighted by Gasteiger charge is 2.30. The topological polar surface area (TPSA) is 77.0 Å². The van der Waals surface area contributed by atoms with Crippen molar-refractivity contribution >= 4 is 5.91 Å². The fraction of sp³-hybridized carbons (Fsp3) is 0.625. The van der Waals surface area contributed by atoms with E-state index in [-0.39, 0.29) is 17.9 Å². The molecule has 124 valence electrons. The molecule has 0 radical (unpaired) electrons. The van der Waals surface area contributed by atoms with Gasteiger partial charge in [0.2, 0.25) is 11.8 Å². The summed E-state index contributed by atoms with van der Waals surface area (Å²) < 4.78 is 7.07. The molecule has 1 unspecified atom stereocenters. The number of aryl methyl sites for hydroxylation is 3. The molecule has 1 aliphatic rings. The van der Waals surface area contributed by atoms with E-state index in [1.54, 1.807) is 0 Å². The summed E-state index contributed by atoms with van der Waals surface area (Å²) in [6.07, 6.45) is 1.72. The van der Waals surface area contributed by atoms with Gasteiger partial charge >= 0.3 is 0 Å². The van der Waals surface area contributed by atoms with Crippen LogP contribution in [0.4, 0.5) is 0 Å². The van der Waals surface area contributed by atoms with E-state index >= 15 is 0 Å². The Balaban J connectivity index is 1.63. The molecule has 0 bridgehead atoms. The van der Waals surface area contributed by atoms with Gasteiger partial charge in [0.05, 0.1) is 5.69 Å². The van der Waals surface area contributed by atoms with Crippen LogP contribution in [0, 0.1) is 20.8 Å². The number of rotatable bonds is 3. The highest BCUT2D eigenvalue weighted by atomic mass is 16.5. The second kappa shape index (κ2) is 6.14. The third kappa shape index (κ3) is 3.13. The van der Waals surface area contributed by atoms with E-state index in [2.05, 4.69) is 15.2 Å². The first kappa shape index (κ1) is 15.7. The molecule has 3 heterocycles. The molecule has 1 atom stereocenters. The van der Waals surface area contributed by atoms with E-state index in [0.29, 0.717) is 24.8 Å². The molecule has 23 heavy (non-hydrogen) atoms. The Labute approximate surface area is 135 Å². The summed E-state index contributed by atoms with van der Waals surface area (Å²) in [5, 5.41) is 8.27. The predicted octanol–water partition coefficient (Wildman–Crippen LogP) is 2.16. The SMILES string of the molecule is Cc1cc(C)n(C(C)C(=O)N2CCC(c3nc(C)no3)CC2)n1. The van der Waals surface area contributed by atoms with Gasteiger partial charge < -0.3 is 9.42 Å². The van der Waals surface area contributed by atoms with Gasteiger partial charge in [-0.2, -0.15) is 10.1 Å². The minimum Gasteiger partial charge on any atom is -0.341 e. The van der Waals surface area contributed by atoms with Crippen molar-refractivity contribution in [2.24, 2.45) is 0 Å². The number of hydrogen-bond acceptors (Lipinski definition) is 5. The zero-order valence-corrected chi connectivity index (χ0v) is 14.1. The molecule has 1 aliphatic heterocycles. The molecule has 0 aliphatic carbocycles.